The van der Waals surface area contributed by atoms with E-state index in [-0.39, 0.29) is 16.3 Å². The highest BCUT2D eigenvalue weighted by atomic mass is 35.5. The van der Waals surface area contributed by atoms with Crippen molar-refractivity contribution in [1.29, 1.82) is 0 Å². The quantitative estimate of drug-likeness (QED) is 0.552. The first-order valence-electron chi connectivity index (χ1n) is 7.22. The first-order valence-corrected chi connectivity index (χ1v) is 8.35. The number of urea groups is 1. The third-order valence-electron chi connectivity index (χ3n) is 3.09. The summed E-state index contributed by atoms with van der Waals surface area (Å²) in [4.78, 5) is 23.9. The largest absolute Gasteiger partial charge is 0.461 e. The molecule has 150 valence electrons. The smallest absolute Gasteiger partial charge is 0.425 e. The molecule has 0 saturated carbocycles. The van der Waals surface area contributed by atoms with Gasteiger partial charge in [-0.2, -0.15) is 17.6 Å². The van der Waals surface area contributed by atoms with Gasteiger partial charge in [-0.3, -0.25) is 10.1 Å². The van der Waals surface area contributed by atoms with E-state index in [1.165, 1.54) is 18.2 Å². The number of hydrogen-bond acceptors (Lipinski definition) is 3. The van der Waals surface area contributed by atoms with Gasteiger partial charge in [0, 0.05) is 5.69 Å². The highest BCUT2D eigenvalue weighted by molar-refractivity contribution is 6.37. The Kier molecular flexibility index (Phi) is 6.97. The third-order valence-corrected chi connectivity index (χ3v) is 3.98. The minimum absolute atomic E-state index is 0.0355. The second-order valence-electron chi connectivity index (χ2n) is 5.12. The van der Waals surface area contributed by atoms with E-state index < -0.39 is 40.3 Å². The lowest BCUT2D eigenvalue weighted by Gasteiger charge is -2.19. The Labute approximate surface area is 170 Å². The summed E-state index contributed by atoms with van der Waals surface area (Å²) in [6, 6.07) is 6.78. The molecule has 0 aliphatic rings. The summed E-state index contributed by atoms with van der Waals surface area (Å²) in [6.45, 7) is 0. The van der Waals surface area contributed by atoms with Gasteiger partial charge in [-0.1, -0.05) is 46.9 Å². The van der Waals surface area contributed by atoms with E-state index >= 15 is 0 Å². The Hall–Kier alpha value is -2.23. The fraction of sp³-hybridized carbons (Fsp3) is 0.125. The number of carbonyl (C=O) groups excluding carboxylic acids is 2. The van der Waals surface area contributed by atoms with E-state index in [0.717, 1.165) is 12.1 Å². The summed E-state index contributed by atoms with van der Waals surface area (Å²) in [5.41, 5.74) is -0.0828. The lowest BCUT2D eigenvalue weighted by molar-refractivity contribution is -0.253. The third kappa shape index (κ3) is 5.40. The number of anilines is 1. The normalized spacial score (nSPS) is 11.3. The lowest BCUT2D eigenvalue weighted by Crippen LogP contribution is -2.34. The van der Waals surface area contributed by atoms with Crippen LogP contribution >= 0.6 is 34.8 Å². The molecule has 3 amide bonds. The van der Waals surface area contributed by atoms with Gasteiger partial charge < -0.3 is 10.1 Å². The number of ether oxygens (including phenoxy) is 1. The molecular formula is C16H9Cl3F4N2O3. The van der Waals surface area contributed by atoms with Gasteiger partial charge in [0.25, 0.3) is 5.91 Å². The second-order valence-corrected chi connectivity index (χ2v) is 6.34. The number of nitrogens with one attached hydrogen (secondary N) is 2. The molecule has 2 aromatic rings. The minimum Gasteiger partial charge on any atom is -0.425 e. The van der Waals surface area contributed by atoms with Gasteiger partial charge in [-0.05, 0) is 24.3 Å². The topological polar surface area (TPSA) is 67.4 Å². The van der Waals surface area contributed by atoms with Crippen LogP contribution in [0.1, 0.15) is 10.4 Å². The number of hydrogen-bond donors (Lipinski definition) is 2. The molecular weight excluding hydrogens is 451 g/mol. The molecule has 2 N–H and O–H groups in total. The van der Waals surface area contributed by atoms with Crippen LogP contribution in [0.5, 0.6) is 5.75 Å². The van der Waals surface area contributed by atoms with Crippen molar-refractivity contribution >= 4 is 52.4 Å². The molecule has 0 aromatic heterocycles. The van der Waals surface area contributed by atoms with Crippen LogP contribution in [0.3, 0.4) is 0 Å². The van der Waals surface area contributed by atoms with Crippen molar-refractivity contribution in [3.05, 3.63) is 57.0 Å². The van der Waals surface area contributed by atoms with E-state index in [0.29, 0.717) is 0 Å². The first-order chi connectivity index (χ1) is 13.0. The molecule has 12 heteroatoms. The van der Waals surface area contributed by atoms with E-state index in [1.54, 1.807) is 6.07 Å². The summed E-state index contributed by atoms with van der Waals surface area (Å²) in [7, 11) is 0. The van der Waals surface area contributed by atoms with Crippen molar-refractivity contribution in [2.24, 2.45) is 0 Å². The Morgan fingerprint density at radius 1 is 1.00 bits per heavy atom. The number of alkyl halides is 4. The Bertz CT molecular complexity index is 889. The summed E-state index contributed by atoms with van der Waals surface area (Å²) in [5.74, 6) is -1.71. The molecule has 0 heterocycles. The Balaban J connectivity index is 2.11. The van der Waals surface area contributed by atoms with E-state index in [4.69, 9.17) is 34.8 Å². The first kappa shape index (κ1) is 22.1. The number of imide groups is 1. The van der Waals surface area contributed by atoms with Crippen molar-refractivity contribution in [2.45, 2.75) is 12.5 Å². The molecule has 0 radical (unpaired) electrons. The van der Waals surface area contributed by atoms with E-state index in [2.05, 4.69) is 10.1 Å². The number of benzene rings is 2. The van der Waals surface area contributed by atoms with Crippen LogP contribution in [-0.2, 0) is 0 Å². The van der Waals surface area contributed by atoms with Crippen molar-refractivity contribution in [3.8, 4) is 5.75 Å². The van der Waals surface area contributed by atoms with Crippen molar-refractivity contribution in [3.63, 3.8) is 0 Å². The predicted molar refractivity (Wildman–Crippen MR) is 96.0 cm³/mol. The van der Waals surface area contributed by atoms with Gasteiger partial charge in [-0.25, -0.2) is 4.79 Å². The predicted octanol–water partition coefficient (Wildman–Crippen LogP) is 5.85. The van der Waals surface area contributed by atoms with Crippen LogP contribution in [-0.4, -0.2) is 24.5 Å². The number of halogens is 7. The number of amides is 3. The zero-order chi connectivity index (χ0) is 21.1. The molecule has 0 aliphatic carbocycles. The van der Waals surface area contributed by atoms with Crippen molar-refractivity contribution in [1.82, 2.24) is 5.32 Å². The molecule has 5 nitrogen and oxygen atoms in total. The van der Waals surface area contributed by atoms with Crippen LogP contribution in [0, 0.1) is 0 Å². The Morgan fingerprint density at radius 2 is 1.57 bits per heavy atom. The maximum absolute atomic E-state index is 13.0. The van der Waals surface area contributed by atoms with Crippen molar-refractivity contribution < 1.29 is 31.9 Å². The van der Waals surface area contributed by atoms with Gasteiger partial charge in [0.15, 0.2) is 5.75 Å². The van der Waals surface area contributed by atoms with Gasteiger partial charge >= 0.3 is 18.6 Å². The molecule has 0 bridgehead atoms. The Morgan fingerprint density at radius 3 is 2.11 bits per heavy atom. The maximum Gasteiger partial charge on any atom is 0.461 e. The van der Waals surface area contributed by atoms with Crippen molar-refractivity contribution in [2.75, 3.05) is 5.32 Å². The molecule has 0 aliphatic heterocycles. The summed E-state index contributed by atoms with van der Waals surface area (Å²) in [5, 5.41) is 3.14. The average Bonchev–Trinajstić information content (AvgIpc) is 2.58. The van der Waals surface area contributed by atoms with Crippen LogP contribution in [0.4, 0.5) is 28.0 Å². The molecule has 2 aromatic carbocycles. The fourth-order valence-electron chi connectivity index (χ4n) is 1.89. The SMILES string of the molecule is O=C(NC(=O)c1ccccc1Cl)Nc1cc(Cl)c(OC(F)(F)C(F)F)c(Cl)c1. The lowest BCUT2D eigenvalue weighted by atomic mass is 10.2. The molecule has 0 unspecified atom stereocenters. The molecule has 0 saturated heterocycles. The number of rotatable bonds is 5. The standard InChI is InChI=1S/C16H9Cl3F4N2O3/c17-9-4-2-1-3-8(9)13(26)25-15(27)24-7-5-10(18)12(11(19)6-7)28-16(22,23)14(20)21/h1-6,14H,(H2,24,25,26,27). The number of carbonyl (C=O) groups is 2. The summed E-state index contributed by atoms with van der Waals surface area (Å²) < 4.78 is 54.4. The molecule has 0 spiro atoms. The summed E-state index contributed by atoms with van der Waals surface area (Å²) in [6.07, 6.45) is -8.93. The fourth-order valence-corrected chi connectivity index (χ4v) is 2.67. The van der Waals surface area contributed by atoms with Gasteiger partial charge in [0.1, 0.15) is 0 Å². The molecule has 28 heavy (non-hydrogen) atoms. The molecule has 0 fully saturated rings. The zero-order valence-corrected chi connectivity index (χ0v) is 15.7. The molecule has 0 atom stereocenters. The highest BCUT2D eigenvalue weighted by Crippen LogP contribution is 2.40. The second kappa shape index (κ2) is 8.85. The van der Waals surface area contributed by atoms with Crippen LogP contribution < -0.4 is 15.4 Å². The van der Waals surface area contributed by atoms with E-state index in [9.17, 15) is 27.2 Å². The van der Waals surface area contributed by atoms with E-state index in [1.807, 2.05) is 5.32 Å². The monoisotopic (exact) mass is 458 g/mol. The zero-order valence-electron chi connectivity index (χ0n) is 13.4. The van der Waals surface area contributed by atoms with Crippen LogP contribution in [0.15, 0.2) is 36.4 Å². The minimum atomic E-state index is -4.82. The van der Waals surface area contributed by atoms with Gasteiger partial charge in [0.05, 0.1) is 20.6 Å². The summed E-state index contributed by atoms with van der Waals surface area (Å²) >= 11 is 17.3. The average molecular weight is 460 g/mol. The van der Waals surface area contributed by atoms with Gasteiger partial charge in [-0.15, -0.1) is 0 Å². The molecule has 2 rings (SSSR count). The van der Waals surface area contributed by atoms with Gasteiger partial charge in [0.2, 0.25) is 0 Å². The van der Waals surface area contributed by atoms with Crippen LogP contribution in [0.25, 0.3) is 0 Å². The highest BCUT2D eigenvalue weighted by Gasteiger charge is 2.44. The van der Waals surface area contributed by atoms with Crippen LogP contribution in [0.2, 0.25) is 15.1 Å². The maximum atomic E-state index is 13.0.